The average molecular weight is 639 g/mol. The molecular formula is C30H28F6N4O3S. The van der Waals surface area contributed by atoms with Crippen molar-refractivity contribution in [2.45, 2.75) is 58.2 Å². The molecular weight excluding hydrogens is 610 g/mol. The fourth-order valence-corrected chi connectivity index (χ4v) is 5.80. The molecule has 1 aliphatic heterocycles. The zero-order valence-electron chi connectivity index (χ0n) is 24.1. The van der Waals surface area contributed by atoms with E-state index in [9.17, 15) is 31.1 Å². The number of nitrogens with zero attached hydrogens (tertiary/aromatic N) is 4. The van der Waals surface area contributed by atoms with E-state index in [0.29, 0.717) is 28.2 Å². The van der Waals surface area contributed by atoms with Crippen LogP contribution in [0.15, 0.2) is 46.3 Å². The summed E-state index contributed by atoms with van der Waals surface area (Å²) in [5.41, 5.74) is 0.306. The minimum absolute atomic E-state index is 0.0707. The molecule has 2 heterocycles. The number of amidine groups is 1. The van der Waals surface area contributed by atoms with Gasteiger partial charge in [0.15, 0.2) is 16.7 Å². The van der Waals surface area contributed by atoms with Gasteiger partial charge >= 0.3 is 12.4 Å². The van der Waals surface area contributed by atoms with Gasteiger partial charge in [-0.05, 0) is 74.4 Å². The third kappa shape index (κ3) is 6.74. The number of thioether (sulfide) groups is 1. The van der Waals surface area contributed by atoms with E-state index in [-0.39, 0.29) is 23.6 Å². The van der Waals surface area contributed by atoms with Crippen LogP contribution in [0.5, 0.6) is 11.5 Å². The van der Waals surface area contributed by atoms with E-state index in [1.807, 2.05) is 25.6 Å². The Morgan fingerprint density at radius 3 is 2.36 bits per heavy atom. The second-order valence-electron chi connectivity index (χ2n) is 10.5. The summed E-state index contributed by atoms with van der Waals surface area (Å²) in [4.78, 5) is 19.7. The van der Waals surface area contributed by atoms with E-state index >= 15 is 0 Å². The Morgan fingerprint density at radius 2 is 1.77 bits per heavy atom. The Hall–Kier alpha value is -3.94. The molecule has 0 atom stereocenters. The second-order valence-corrected chi connectivity index (χ2v) is 11.5. The first kappa shape index (κ1) is 31.5. The highest BCUT2D eigenvalue weighted by molar-refractivity contribution is 8.18. The van der Waals surface area contributed by atoms with Crippen LogP contribution >= 0.6 is 11.8 Å². The number of hydrogen-bond donors (Lipinski definition) is 0. The normalized spacial score (nSPS) is 16.5. The molecule has 1 amide bonds. The maximum absolute atomic E-state index is 13.5. The van der Waals surface area contributed by atoms with Crippen molar-refractivity contribution in [3.8, 4) is 11.5 Å². The Balaban J connectivity index is 1.32. The van der Waals surface area contributed by atoms with Crippen molar-refractivity contribution in [3.63, 3.8) is 0 Å². The van der Waals surface area contributed by atoms with Gasteiger partial charge in [-0.1, -0.05) is 12.1 Å². The van der Waals surface area contributed by atoms with Crippen molar-refractivity contribution in [1.29, 1.82) is 0 Å². The number of alkyl halides is 6. The SMILES string of the molecule is COc1cc(/C=C2/SC(N(Cc3c(C)nn(C)c3C)C3CC3)=NC2=O)ccc1OCc1ccc(C(F)(F)F)cc1C(F)(F)F. The third-order valence-electron chi connectivity index (χ3n) is 7.44. The van der Waals surface area contributed by atoms with E-state index in [1.54, 1.807) is 18.2 Å². The van der Waals surface area contributed by atoms with Gasteiger partial charge in [-0.15, -0.1) is 0 Å². The average Bonchev–Trinajstić information content (AvgIpc) is 3.68. The predicted molar refractivity (Wildman–Crippen MR) is 153 cm³/mol. The van der Waals surface area contributed by atoms with Crippen molar-refractivity contribution in [3.05, 3.63) is 80.5 Å². The summed E-state index contributed by atoms with van der Waals surface area (Å²) in [5, 5.41) is 5.10. The molecule has 0 saturated heterocycles. The molecule has 0 bridgehead atoms. The summed E-state index contributed by atoms with van der Waals surface area (Å²) in [6.45, 7) is 3.88. The van der Waals surface area contributed by atoms with Gasteiger partial charge in [0, 0.05) is 36.5 Å². The number of halogens is 6. The largest absolute Gasteiger partial charge is 0.493 e. The number of rotatable bonds is 8. The Morgan fingerprint density at radius 1 is 1.05 bits per heavy atom. The van der Waals surface area contributed by atoms with Crippen LogP contribution in [-0.2, 0) is 37.3 Å². The van der Waals surface area contributed by atoms with Crippen LogP contribution in [0, 0.1) is 13.8 Å². The summed E-state index contributed by atoms with van der Waals surface area (Å²) < 4.78 is 92.4. The van der Waals surface area contributed by atoms with Crippen LogP contribution < -0.4 is 9.47 Å². The Kier molecular flexibility index (Phi) is 8.49. The van der Waals surface area contributed by atoms with Crippen molar-refractivity contribution >= 4 is 28.9 Å². The standard InChI is InChI=1S/C30H28F6N4O3S/c1-16-22(17(2)39(3)38-16)14-40(21-8-9-21)28-37-27(41)26(44-28)12-18-5-10-24(25(11-18)42-4)43-15-19-6-7-20(29(31,32)33)13-23(19)30(34,35)36/h5-7,10-13,21H,8-9,14-15H2,1-4H3/b26-12+. The lowest BCUT2D eigenvalue weighted by atomic mass is 10.0. The van der Waals surface area contributed by atoms with Gasteiger partial charge in [-0.3, -0.25) is 9.48 Å². The maximum atomic E-state index is 13.5. The van der Waals surface area contributed by atoms with E-state index in [0.717, 1.165) is 35.9 Å². The summed E-state index contributed by atoms with van der Waals surface area (Å²) >= 11 is 1.26. The fourth-order valence-electron chi connectivity index (χ4n) is 4.82. The molecule has 1 fully saturated rings. The van der Waals surface area contributed by atoms with Gasteiger partial charge in [0.1, 0.15) is 6.61 Å². The molecule has 0 N–H and O–H groups in total. The molecule has 44 heavy (non-hydrogen) atoms. The van der Waals surface area contributed by atoms with Crippen LogP contribution in [0.4, 0.5) is 26.3 Å². The molecule has 2 aromatic carbocycles. The quantitative estimate of drug-likeness (QED) is 0.191. The van der Waals surface area contributed by atoms with E-state index in [1.165, 1.54) is 24.9 Å². The lowest BCUT2D eigenvalue weighted by molar-refractivity contribution is -0.143. The number of aromatic nitrogens is 2. The first-order chi connectivity index (χ1) is 20.7. The van der Waals surface area contributed by atoms with E-state index < -0.39 is 41.6 Å². The number of ether oxygens (including phenoxy) is 2. The summed E-state index contributed by atoms with van der Waals surface area (Å²) in [5.74, 6) is -0.151. The van der Waals surface area contributed by atoms with Gasteiger partial charge in [-0.2, -0.15) is 36.4 Å². The number of aryl methyl sites for hydroxylation is 2. The molecule has 234 valence electrons. The molecule has 0 spiro atoms. The molecule has 0 unspecified atom stereocenters. The molecule has 1 aliphatic carbocycles. The highest BCUT2D eigenvalue weighted by atomic mass is 32.2. The summed E-state index contributed by atoms with van der Waals surface area (Å²) in [6, 6.07) is 6.28. The van der Waals surface area contributed by atoms with Crippen molar-refractivity contribution in [2.75, 3.05) is 7.11 Å². The number of carbonyl (C=O) groups excluding carboxylic acids is 1. The molecule has 7 nitrogen and oxygen atoms in total. The smallest absolute Gasteiger partial charge is 0.416 e. The molecule has 2 aliphatic rings. The first-order valence-corrected chi connectivity index (χ1v) is 14.3. The number of benzene rings is 2. The van der Waals surface area contributed by atoms with Crippen molar-refractivity contribution in [1.82, 2.24) is 14.7 Å². The lowest BCUT2D eigenvalue weighted by Gasteiger charge is -2.23. The molecule has 1 aromatic heterocycles. The highest BCUT2D eigenvalue weighted by Gasteiger charge is 2.39. The molecule has 0 radical (unpaired) electrons. The Bertz CT molecular complexity index is 1660. The van der Waals surface area contributed by atoms with Gasteiger partial charge < -0.3 is 14.4 Å². The molecule has 5 rings (SSSR count). The second kappa shape index (κ2) is 11.9. The first-order valence-electron chi connectivity index (χ1n) is 13.5. The van der Waals surface area contributed by atoms with E-state index in [2.05, 4.69) is 15.0 Å². The van der Waals surface area contributed by atoms with Crippen LogP contribution in [0.25, 0.3) is 6.08 Å². The van der Waals surface area contributed by atoms with Crippen molar-refractivity contribution < 1.29 is 40.6 Å². The fraction of sp³-hybridized carbons (Fsp3) is 0.367. The van der Waals surface area contributed by atoms with Crippen LogP contribution in [-0.4, -0.2) is 38.9 Å². The van der Waals surface area contributed by atoms with Gasteiger partial charge in [-0.25, -0.2) is 0 Å². The molecule has 1 saturated carbocycles. The summed E-state index contributed by atoms with van der Waals surface area (Å²) in [7, 11) is 3.23. The van der Waals surface area contributed by atoms with Crippen LogP contribution in [0.2, 0.25) is 0 Å². The monoisotopic (exact) mass is 638 g/mol. The Labute approximate surface area is 253 Å². The lowest BCUT2D eigenvalue weighted by Crippen LogP contribution is -2.30. The van der Waals surface area contributed by atoms with Crippen LogP contribution in [0.3, 0.4) is 0 Å². The third-order valence-corrected chi connectivity index (χ3v) is 8.46. The van der Waals surface area contributed by atoms with Crippen LogP contribution in [0.1, 0.15) is 52.0 Å². The summed E-state index contributed by atoms with van der Waals surface area (Å²) in [6.07, 6.45) is -6.30. The number of methoxy groups -OCH3 is 1. The topological polar surface area (TPSA) is 69.0 Å². The van der Waals surface area contributed by atoms with Gasteiger partial charge in [0.2, 0.25) is 0 Å². The molecule has 14 heteroatoms. The zero-order chi connectivity index (χ0) is 32.0. The van der Waals surface area contributed by atoms with Gasteiger partial charge in [0.25, 0.3) is 5.91 Å². The number of aliphatic imine (C=N–C) groups is 1. The maximum Gasteiger partial charge on any atom is 0.416 e. The highest BCUT2D eigenvalue weighted by Crippen LogP contribution is 2.40. The number of carbonyl (C=O) groups is 1. The minimum atomic E-state index is -5.02. The molecule has 3 aromatic rings. The van der Waals surface area contributed by atoms with Gasteiger partial charge in [0.05, 0.1) is 28.8 Å². The number of hydrogen-bond acceptors (Lipinski definition) is 6. The number of amides is 1. The predicted octanol–water partition coefficient (Wildman–Crippen LogP) is 7.30. The van der Waals surface area contributed by atoms with Crippen molar-refractivity contribution in [2.24, 2.45) is 12.0 Å². The van der Waals surface area contributed by atoms with E-state index in [4.69, 9.17) is 9.47 Å². The zero-order valence-corrected chi connectivity index (χ0v) is 25.0. The minimum Gasteiger partial charge on any atom is -0.493 e.